The van der Waals surface area contributed by atoms with Gasteiger partial charge in [-0.25, -0.2) is 9.59 Å². The van der Waals surface area contributed by atoms with E-state index in [-0.39, 0.29) is 0 Å². The van der Waals surface area contributed by atoms with Gasteiger partial charge in [-0.05, 0) is 44.5 Å². The Labute approximate surface area is 123 Å². The highest BCUT2D eigenvalue weighted by atomic mass is 16.5. The third-order valence-electron chi connectivity index (χ3n) is 3.21. The van der Waals surface area contributed by atoms with Crippen LogP contribution in [-0.2, 0) is 4.79 Å². The standard InChI is InChI=1S/C17H15O4/c1-11-4-7-14(8-5-11)21-17(19)16-12(2)6-9-15(13(16)3)20-10-18/h4-9H,1-3H3. The Hall–Kier alpha value is -2.62. The van der Waals surface area contributed by atoms with Crippen LogP contribution in [-0.4, -0.2) is 12.4 Å². The van der Waals surface area contributed by atoms with Gasteiger partial charge in [-0.2, -0.15) is 0 Å². The first-order chi connectivity index (χ1) is 10.0. The fourth-order valence-corrected chi connectivity index (χ4v) is 2.06. The molecule has 4 nitrogen and oxygen atoms in total. The van der Waals surface area contributed by atoms with Crippen LogP contribution in [0.3, 0.4) is 0 Å². The number of ether oxygens (including phenoxy) is 2. The molecule has 0 aliphatic carbocycles. The summed E-state index contributed by atoms with van der Waals surface area (Å²) in [5.41, 5.74) is 2.78. The Kier molecular flexibility index (Phi) is 4.38. The van der Waals surface area contributed by atoms with Gasteiger partial charge in [0.1, 0.15) is 11.5 Å². The summed E-state index contributed by atoms with van der Waals surface area (Å²) in [5.74, 6) is 0.286. The van der Waals surface area contributed by atoms with E-state index in [2.05, 4.69) is 0 Å². The third-order valence-corrected chi connectivity index (χ3v) is 3.21. The van der Waals surface area contributed by atoms with E-state index in [1.807, 2.05) is 19.1 Å². The molecule has 0 aromatic heterocycles. The molecule has 0 unspecified atom stereocenters. The van der Waals surface area contributed by atoms with E-state index in [0.29, 0.717) is 22.6 Å². The minimum atomic E-state index is -0.481. The summed E-state index contributed by atoms with van der Waals surface area (Å²) >= 11 is 0. The summed E-state index contributed by atoms with van der Waals surface area (Å²) in [5, 5.41) is 0. The fourth-order valence-electron chi connectivity index (χ4n) is 2.06. The molecule has 0 spiro atoms. The Balaban J connectivity index is 2.32. The van der Waals surface area contributed by atoms with Crippen molar-refractivity contribution in [3.63, 3.8) is 0 Å². The van der Waals surface area contributed by atoms with Gasteiger partial charge < -0.3 is 9.47 Å². The highest BCUT2D eigenvalue weighted by Gasteiger charge is 2.18. The number of hydrogen-bond donors (Lipinski definition) is 0. The van der Waals surface area contributed by atoms with E-state index in [4.69, 9.17) is 9.47 Å². The number of hydrogen-bond acceptors (Lipinski definition) is 4. The van der Waals surface area contributed by atoms with Crippen molar-refractivity contribution in [1.82, 2.24) is 0 Å². The molecule has 0 bridgehead atoms. The van der Waals surface area contributed by atoms with Crippen LogP contribution in [0.25, 0.3) is 0 Å². The molecular weight excluding hydrogens is 268 g/mol. The second kappa shape index (κ2) is 6.22. The Morgan fingerprint density at radius 3 is 2.29 bits per heavy atom. The summed E-state index contributed by atoms with van der Waals surface area (Å²) in [4.78, 5) is 22.7. The van der Waals surface area contributed by atoms with Crippen LogP contribution in [0, 0.1) is 20.8 Å². The summed E-state index contributed by atoms with van der Waals surface area (Å²) < 4.78 is 10.1. The molecule has 2 aromatic carbocycles. The molecule has 0 fully saturated rings. The van der Waals surface area contributed by atoms with Crippen LogP contribution in [0.15, 0.2) is 36.4 Å². The number of aryl methyl sites for hydroxylation is 2. The van der Waals surface area contributed by atoms with Gasteiger partial charge in [0.15, 0.2) is 0 Å². The van der Waals surface area contributed by atoms with Crippen LogP contribution in [0.5, 0.6) is 11.5 Å². The Bertz CT molecular complexity index is 672. The maximum absolute atomic E-state index is 12.3. The lowest BCUT2D eigenvalue weighted by atomic mass is 10.0. The quantitative estimate of drug-likeness (QED) is 0.638. The van der Waals surface area contributed by atoms with Crippen molar-refractivity contribution in [2.24, 2.45) is 0 Å². The molecule has 0 N–H and O–H groups in total. The van der Waals surface area contributed by atoms with E-state index in [9.17, 15) is 9.59 Å². The lowest BCUT2D eigenvalue weighted by Gasteiger charge is -2.12. The Morgan fingerprint density at radius 2 is 1.67 bits per heavy atom. The normalized spacial score (nSPS) is 10.0. The first-order valence-corrected chi connectivity index (χ1v) is 6.46. The summed E-state index contributed by atoms with van der Waals surface area (Å²) in [6, 6.07) is 10.5. The number of carbonyl (C=O) groups excluding carboxylic acids is 2. The van der Waals surface area contributed by atoms with Crippen molar-refractivity contribution in [1.29, 1.82) is 0 Å². The van der Waals surface area contributed by atoms with Crippen molar-refractivity contribution in [2.75, 3.05) is 0 Å². The molecule has 2 rings (SSSR count). The van der Waals surface area contributed by atoms with Crippen molar-refractivity contribution >= 4 is 12.4 Å². The molecule has 0 aliphatic heterocycles. The molecule has 0 aliphatic rings. The van der Waals surface area contributed by atoms with Crippen molar-refractivity contribution in [3.05, 3.63) is 58.7 Å². The van der Waals surface area contributed by atoms with E-state index < -0.39 is 5.97 Å². The zero-order chi connectivity index (χ0) is 15.4. The first kappa shape index (κ1) is 14.8. The summed E-state index contributed by atoms with van der Waals surface area (Å²) in [6.45, 7) is 6.82. The fraction of sp³-hybridized carbons (Fsp3) is 0.176. The molecule has 0 saturated heterocycles. The molecule has 1 radical (unpaired) electrons. The third kappa shape index (κ3) is 3.28. The van der Waals surface area contributed by atoms with Crippen molar-refractivity contribution in [3.8, 4) is 11.5 Å². The average Bonchev–Trinajstić information content (AvgIpc) is 2.45. The topological polar surface area (TPSA) is 52.6 Å². The monoisotopic (exact) mass is 283 g/mol. The van der Waals surface area contributed by atoms with Crippen LogP contribution in [0.4, 0.5) is 0 Å². The van der Waals surface area contributed by atoms with Gasteiger partial charge in [0.25, 0.3) is 0 Å². The second-order valence-electron chi connectivity index (χ2n) is 4.77. The lowest BCUT2D eigenvalue weighted by Crippen LogP contribution is -2.13. The predicted octanol–water partition coefficient (Wildman–Crippen LogP) is 3.28. The smallest absolute Gasteiger partial charge is 0.423 e. The molecule has 107 valence electrons. The van der Waals surface area contributed by atoms with Gasteiger partial charge in [0.2, 0.25) is 0 Å². The molecule has 2 aromatic rings. The number of carbonyl (C=O) groups is 1. The Morgan fingerprint density at radius 1 is 1.00 bits per heavy atom. The minimum absolute atomic E-state index is 0.298. The van der Waals surface area contributed by atoms with Gasteiger partial charge in [-0.1, -0.05) is 23.8 Å². The maximum atomic E-state index is 12.3. The van der Waals surface area contributed by atoms with E-state index in [1.54, 1.807) is 38.1 Å². The van der Waals surface area contributed by atoms with Crippen LogP contribution in [0.1, 0.15) is 27.0 Å². The van der Waals surface area contributed by atoms with Gasteiger partial charge in [-0.3, -0.25) is 0 Å². The second-order valence-corrected chi connectivity index (χ2v) is 4.77. The van der Waals surface area contributed by atoms with E-state index in [0.717, 1.165) is 11.1 Å². The summed E-state index contributed by atoms with van der Waals surface area (Å²) in [6.07, 6.45) is 0. The predicted molar refractivity (Wildman–Crippen MR) is 78.4 cm³/mol. The first-order valence-electron chi connectivity index (χ1n) is 6.46. The van der Waals surface area contributed by atoms with Gasteiger partial charge in [0.05, 0.1) is 5.56 Å². The zero-order valence-corrected chi connectivity index (χ0v) is 12.1. The van der Waals surface area contributed by atoms with Crippen LogP contribution in [0.2, 0.25) is 0 Å². The minimum Gasteiger partial charge on any atom is -0.423 e. The molecule has 0 saturated carbocycles. The molecule has 0 atom stereocenters. The molecule has 21 heavy (non-hydrogen) atoms. The highest BCUT2D eigenvalue weighted by Crippen LogP contribution is 2.25. The molecular formula is C17H15O4. The number of rotatable bonds is 4. The van der Waals surface area contributed by atoms with E-state index >= 15 is 0 Å². The van der Waals surface area contributed by atoms with Crippen molar-refractivity contribution < 1.29 is 19.1 Å². The SMILES string of the molecule is Cc1ccc(OC(=O)c2c(C)ccc(O[C]=O)c2C)cc1. The molecule has 0 amide bonds. The number of benzene rings is 2. The van der Waals surface area contributed by atoms with Crippen LogP contribution >= 0.6 is 0 Å². The highest BCUT2D eigenvalue weighted by molar-refractivity contribution is 5.95. The van der Waals surface area contributed by atoms with Gasteiger partial charge in [-0.15, -0.1) is 0 Å². The van der Waals surface area contributed by atoms with Gasteiger partial charge >= 0.3 is 12.4 Å². The lowest BCUT2D eigenvalue weighted by molar-refractivity contribution is 0.0733. The maximum Gasteiger partial charge on any atom is 0.423 e. The van der Waals surface area contributed by atoms with Crippen LogP contribution < -0.4 is 9.47 Å². The van der Waals surface area contributed by atoms with E-state index in [1.165, 1.54) is 6.47 Å². The largest absolute Gasteiger partial charge is 0.423 e. The zero-order valence-electron chi connectivity index (χ0n) is 12.1. The molecule has 0 heterocycles. The number of esters is 1. The van der Waals surface area contributed by atoms with Gasteiger partial charge in [0, 0.05) is 5.56 Å². The average molecular weight is 283 g/mol. The summed E-state index contributed by atoms with van der Waals surface area (Å²) in [7, 11) is 0. The molecule has 4 heteroatoms. The van der Waals surface area contributed by atoms with Crippen molar-refractivity contribution in [2.45, 2.75) is 20.8 Å².